The van der Waals surface area contributed by atoms with Crippen LogP contribution in [0.1, 0.15) is 18.3 Å². The van der Waals surface area contributed by atoms with E-state index in [1.54, 1.807) is 7.11 Å². The van der Waals surface area contributed by atoms with Gasteiger partial charge >= 0.3 is 0 Å². The van der Waals surface area contributed by atoms with E-state index in [9.17, 15) is 0 Å². The molecule has 1 aromatic carbocycles. The molecule has 19 heavy (non-hydrogen) atoms. The second-order valence-electron chi connectivity index (χ2n) is 4.18. The lowest BCUT2D eigenvalue weighted by atomic mass is 10.2. The van der Waals surface area contributed by atoms with Crippen LogP contribution < -0.4 is 15.8 Å². The molecule has 100 valence electrons. The first kappa shape index (κ1) is 13.1. The number of nitrogens with zero attached hydrogens (tertiary/aromatic N) is 2. The molecular weight excluding hydrogens is 240 g/mol. The molecule has 0 amide bonds. The molecule has 0 spiro atoms. The molecule has 3 N–H and O–H groups in total. The zero-order valence-electron chi connectivity index (χ0n) is 11.4. The molecule has 1 aromatic heterocycles. The number of nitrogen functional groups attached to an aromatic ring is 1. The third kappa shape index (κ3) is 2.76. The Kier molecular flexibility index (Phi) is 3.85. The highest BCUT2D eigenvalue weighted by Crippen LogP contribution is 2.28. The van der Waals surface area contributed by atoms with Crippen molar-refractivity contribution in [3.8, 4) is 5.75 Å². The molecule has 0 saturated heterocycles. The van der Waals surface area contributed by atoms with E-state index < -0.39 is 0 Å². The van der Waals surface area contributed by atoms with Crippen LogP contribution in [0.3, 0.4) is 0 Å². The Balaban J connectivity index is 2.40. The minimum absolute atomic E-state index is 0.504. The molecule has 0 radical (unpaired) electrons. The predicted octanol–water partition coefficient (Wildman–Crippen LogP) is 2.68. The summed E-state index contributed by atoms with van der Waals surface area (Å²) in [7, 11) is 1.64. The highest BCUT2D eigenvalue weighted by atomic mass is 16.5. The highest BCUT2D eigenvalue weighted by molar-refractivity contribution is 5.68. The number of anilines is 3. The highest BCUT2D eigenvalue weighted by Gasteiger charge is 2.10. The monoisotopic (exact) mass is 258 g/mol. The maximum Gasteiger partial charge on any atom is 0.142 e. The fraction of sp³-hybridized carbons (Fsp3) is 0.286. The lowest BCUT2D eigenvalue weighted by molar-refractivity contribution is 0.417. The van der Waals surface area contributed by atoms with E-state index in [1.807, 2.05) is 38.1 Å². The van der Waals surface area contributed by atoms with Gasteiger partial charge < -0.3 is 15.8 Å². The summed E-state index contributed by atoms with van der Waals surface area (Å²) in [5.74, 6) is 2.70. The normalized spacial score (nSPS) is 10.3. The van der Waals surface area contributed by atoms with Gasteiger partial charge in [-0.3, -0.25) is 0 Å². The number of aromatic nitrogens is 2. The van der Waals surface area contributed by atoms with E-state index in [-0.39, 0.29) is 0 Å². The molecule has 0 atom stereocenters. The van der Waals surface area contributed by atoms with Crippen LogP contribution in [0.25, 0.3) is 0 Å². The summed E-state index contributed by atoms with van der Waals surface area (Å²) in [4.78, 5) is 8.70. The van der Waals surface area contributed by atoms with Gasteiger partial charge in [0, 0.05) is 12.0 Å². The molecule has 0 bridgehead atoms. The summed E-state index contributed by atoms with van der Waals surface area (Å²) in [6.45, 7) is 3.89. The quantitative estimate of drug-likeness (QED) is 0.882. The van der Waals surface area contributed by atoms with Crippen molar-refractivity contribution >= 4 is 17.3 Å². The van der Waals surface area contributed by atoms with Crippen molar-refractivity contribution in [2.75, 3.05) is 18.2 Å². The first-order chi connectivity index (χ1) is 9.15. The Morgan fingerprint density at radius 3 is 2.68 bits per heavy atom. The van der Waals surface area contributed by atoms with Crippen molar-refractivity contribution in [3.05, 3.63) is 35.7 Å². The van der Waals surface area contributed by atoms with Gasteiger partial charge in [-0.05, 0) is 19.1 Å². The van der Waals surface area contributed by atoms with Crippen LogP contribution in [0.5, 0.6) is 5.75 Å². The minimum atomic E-state index is 0.504. The number of methoxy groups -OCH3 is 1. The van der Waals surface area contributed by atoms with E-state index in [0.29, 0.717) is 11.6 Å². The minimum Gasteiger partial charge on any atom is -0.495 e. The van der Waals surface area contributed by atoms with Crippen LogP contribution in [0, 0.1) is 6.92 Å². The average Bonchev–Trinajstić information content (AvgIpc) is 2.44. The smallest absolute Gasteiger partial charge is 0.142 e. The van der Waals surface area contributed by atoms with E-state index >= 15 is 0 Å². The van der Waals surface area contributed by atoms with Gasteiger partial charge in [0.1, 0.15) is 23.2 Å². The Labute approximate surface area is 112 Å². The SMILES string of the molecule is CCc1nc(N)c(C)c(Nc2ccccc2OC)n1. The van der Waals surface area contributed by atoms with Gasteiger partial charge in [-0.15, -0.1) is 0 Å². The molecule has 5 heteroatoms. The third-order valence-corrected chi connectivity index (χ3v) is 2.91. The number of nitrogens with two attached hydrogens (primary N) is 1. The van der Waals surface area contributed by atoms with Crippen LogP contribution >= 0.6 is 0 Å². The van der Waals surface area contributed by atoms with Crippen LogP contribution in [0.2, 0.25) is 0 Å². The van der Waals surface area contributed by atoms with Crippen molar-refractivity contribution in [3.63, 3.8) is 0 Å². The molecule has 2 rings (SSSR count). The van der Waals surface area contributed by atoms with Crippen LogP contribution in [0.4, 0.5) is 17.3 Å². The van der Waals surface area contributed by atoms with Crippen molar-refractivity contribution in [2.45, 2.75) is 20.3 Å². The summed E-state index contributed by atoms with van der Waals surface area (Å²) < 4.78 is 5.31. The first-order valence-corrected chi connectivity index (χ1v) is 6.18. The number of nitrogens with one attached hydrogen (secondary N) is 1. The molecule has 0 aliphatic rings. The van der Waals surface area contributed by atoms with Gasteiger partial charge in [0.2, 0.25) is 0 Å². The second-order valence-corrected chi connectivity index (χ2v) is 4.18. The second kappa shape index (κ2) is 5.56. The number of hydrogen-bond donors (Lipinski definition) is 2. The molecule has 0 aliphatic heterocycles. The number of hydrogen-bond acceptors (Lipinski definition) is 5. The van der Waals surface area contributed by atoms with Gasteiger partial charge in [-0.25, -0.2) is 9.97 Å². The predicted molar refractivity (Wildman–Crippen MR) is 76.8 cm³/mol. The molecule has 0 saturated carbocycles. The summed E-state index contributed by atoms with van der Waals surface area (Å²) in [5, 5.41) is 3.25. The lowest BCUT2D eigenvalue weighted by Gasteiger charge is -2.13. The number of para-hydroxylation sites is 2. The number of aryl methyl sites for hydroxylation is 1. The van der Waals surface area contributed by atoms with Gasteiger partial charge in [0.25, 0.3) is 0 Å². The molecule has 5 nitrogen and oxygen atoms in total. The van der Waals surface area contributed by atoms with Crippen LogP contribution in [-0.4, -0.2) is 17.1 Å². The van der Waals surface area contributed by atoms with Crippen molar-refractivity contribution in [1.29, 1.82) is 0 Å². The topological polar surface area (TPSA) is 73.1 Å². The summed E-state index contributed by atoms with van der Waals surface area (Å²) >= 11 is 0. The van der Waals surface area contributed by atoms with Gasteiger partial charge in [0.05, 0.1) is 12.8 Å². The Morgan fingerprint density at radius 1 is 1.26 bits per heavy atom. The maximum atomic E-state index is 5.90. The fourth-order valence-corrected chi connectivity index (χ4v) is 1.74. The standard InChI is InChI=1S/C14H18N4O/c1-4-12-17-13(15)9(2)14(18-12)16-10-7-5-6-8-11(10)19-3/h5-8H,4H2,1-3H3,(H3,15,16,17,18). The third-order valence-electron chi connectivity index (χ3n) is 2.91. The van der Waals surface area contributed by atoms with Crippen molar-refractivity contribution < 1.29 is 4.74 Å². The number of ether oxygens (including phenoxy) is 1. The average molecular weight is 258 g/mol. The molecule has 1 heterocycles. The molecule has 0 fully saturated rings. The largest absolute Gasteiger partial charge is 0.495 e. The zero-order chi connectivity index (χ0) is 13.8. The summed E-state index contributed by atoms with van der Waals surface area (Å²) in [6, 6.07) is 7.68. The molecular formula is C14H18N4O. The molecule has 2 aromatic rings. The van der Waals surface area contributed by atoms with Gasteiger partial charge in [-0.2, -0.15) is 0 Å². The van der Waals surface area contributed by atoms with E-state index in [0.717, 1.165) is 29.2 Å². The Morgan fingerprint density at radius 2 is 2.00 bits per heavy atom. The maximum absolute atomic E-state index is 5.90. The molecule has 0 aliphatic carbocycles. The molecule has 0 unspecified atom stereocenters. The van der Waals surface area contributed by atoms with E-state index in [1.165, 1.54) is 0 Å². The Bertz CT molecular complexity index is 584. The van der Waals surface area contributed by atoms with Crippen LogP contribution in [0.15, 0.2) is 24.3 Å². The van der Waals surface area contributed by atoms with Gasteiger partial charge in [-0.1, -0.05) is 19.1 Å². The van der Waals surface area contributed by atoms with E-state index in [2.05, 4.69) is 15.3 Å². The van der Waals surface area contributed by atoms with E-state index in [4.69, 9.17) is 10.5 Å². The van der Waals surface area contributed by atoms with Crippen molar-refractivity contribution in [1.82, 2.24) is 9.97 Å². The summed E-state index contributed by atoms with van der Waals surface area (Å²) in [6.07, 6.45) is 0.741. The lowest BCUT2D eigenvalue weighted by Crippen LogP contribution is -2.07. The zero-order valence-corrected chi connectivity index (χ0v) is 11.4. The first-order valence-electron chi connectivity index (χ1n) is 6.18. The summed E-state index contributed by atoms with van der Waals surface area (Å²) in [5.41, 5.74) is 7.59. The fourth-order valence-electron chi connectivity index (χ4n) is 1.74. The van der Waals surface area contributed by atoms with Gasteiger partial charge in [0.15, 0.2) is 0 Å². The number of benzene rings is 1. The van der Waals surface area contributed by atoms with Crippen molar-refractivity contribution in [2.24, 2.45) is 0 Å². The number of rotatable bonds is 4. The van der Waals surface area contributed by atoms with Crippen LogP contribution in [-0.2, 0) is 6.42 Å². The Hall–Kier alpha value is -2.30.